The predicted molar refractivity (Wildman–Crippen MR) is 45.3 cm³/mol. The molecule has 0 aliphatic heterocycles. The Labute approximate surface area is 68.6 Å². The second-order valence-electron chi connectivity index (χ2n) is 3.77. The van der Waals surface area contributed by atoms with E-state index in [0.29, 0.717) is 5.92 Å². The molecule has 0 aliphatic rings. The molecule has 0 saturated heterocycles. The maximum Gasteiger partial charge on any atom is 0.141 e. The molecule has 0 amide bonds. The molecule has 0 aromatic rings. The minimum atomic E-state index is -0.289. The Kier molecular flexibility index (Phi) is 3.73. The molecule has 2 nitrogen and oxygen atoms in total. The molecule has 0 aromatic carbocycles. The van der Waals surface area contributed by atoms with Gasteiger partial charge in [-0.05, 0) is 5.92 Å². The van der Waals surface area contributed by atoms with Crippen LogP contribution < -0.4 is 0 Å². The molecule has 0 rings (SSSR count). The van der Waals surface area contributed by atoms with Crippen LogP contribution in [0.5, 0.6) is 0 Å². The normalized spacial score (nSPS) is 12.2. The lowest BCUT2D eigenvalue weighted by Crippen LogP contribution is -2.30. The van der Waals surface area contributed by atoms with E-state index in [9.17, 15) is 4.79 Å². The minimum Gasteiger partial charge on any atom is -0.396 e. The Morgan fingerprint density at radius 2 is 1.91 bits per heavy atom. The van der Waals surface area contributed by atoms with Crippen LogP contribution in [0.25, 0.3) is 0 Å². The summed E-state index contributed by atoms with van der Waals surface area (Å²) in [6.07, 6.45) is 0.283. The number of Topliss-reactive ketones (excluding diaryl/α,β-unsaturated/α-hetero) is 1. The van der Waals surface area contributed by atoms with Crippen LogP contribution in [0.2, 0.25) is 0 Å². The van der Waals surface area contributed by atoms with Crippen LogP contribution >= 0.6 is 0 Å². The van der Waals surface area contributed by atoms with Crippen LogP contribution in [-0.4, -0.2) is 17.5 Å². The average Bonchev–Trinajstić information content (AvgIpc) is 1.88. The Morgan fingerprint density at radius 1 is 1.45 bits per heavy atom. The van der Waals surface area contributed by atoms with Gasteiger partial charge >= 0.3 is 0 Å². The quantitative estimate of drug-likeness (QED) is 0.675. The molecule has 11 heavy (non-hydrogen) atoms. The van der Waals surface area contributed by atoms with E-state index < -0.39 is 0 Å². The first kappa shape index (κ1) is 10.6. The lowest BCUT2D eigenvalue weighted by molar-refractivity contribution is -0.129. The lowest BCUT2D eigenvalue weighted by Gasteiger charge is -2.27. The van der Waals surface area contributed by atoms with Gasteiger partial charge in [-0.25, -0.2) is 0 Å². The number of hydrogen-bond donors (Lipinski definition) is 1. The molecule has 0 bridgehead atoms. The molecule has 0 spiro atoms. The lowest BCUT2D eigenvalue weighted by atomic mass is 9.76. The standard InChI is InChI=1S/C9H18O2/c1-7(2)9(3,4)8(11)5-6-10/h7,10H,5-6H2,1-4H3. The molecule has 2 heteroatoms. The zero-order valence-electron chi connectivity index (χ0n) is 7.85. The van der Waals surface area contributed by atoms with E-state index in [4.69, 9.17) is 5.11 Å². The number of ketones is 1. The molecule has 66 valence electrons. The highest BCUT2D eigenvalue weighted by molar-refractivity contribution is 5.84. The van der Waals surface area contributed by atoms with Gasteiger partial charge in [-0.3, -0.25) is 4.79 Å². The molecule has 1 N–H and O–H groups in total. The Hall–Kier alpha value is -0.370. The zero-order chi connectivity index (χ0) is 9.07. The van der Waals surface area contributed by atoms with E-state index in [2.05, 4.69) is 0 Å². The largest absolute Gasteiger partial charge is 0.396 e. The molecule has 0 radical (unpaired) electrons. The van der Waals surface area contributed by atoms with Crippen molar-refractivity contribution >= 4 is 5.78 Å². The number of hydrogen-bond acceptors (Lipinski definition) is 2. The number of aliphatic hydroxyl groups is 1. The fraction of sp³-hybridized carbons (Fsp3) is 0.889. The SMILES string of the molecule is CC(C)C(C)(C)C(=O)CCO. The fourth-order valence-corrected chi connectivity index (χ4v) is 0.746. The third-order valence-electron chi connectivity index (χ3n) is 2.50. The van der Waals surface area contributed by atoms with Gasteiger partial charge in [0.1, 0.15) is 5.78 Å². The van der Waals surface area contributed by atoms with Crippen LogP contribution in [0.4, 0.5) is 0 Å². The number of carbonyl (C=O) groups excluding carboxylic acids is 1. The van der Waals surface area contributed by atoms with Crippen molar-refractivity contribution in [3.63, 3.8) is 0 Å². The first-order valence-corrected chi connectivity index (χ1v) is 4.07. The number of rotatable bonds is 4. The van der Waals surface area contributed by atoms with Crippen molar-refractivity contribution in [2.75, 3.05) is 6.61 Å². The Bertz CT molecular complexity index is 136. The van der Waals surface area contributed by atoms with Crippen LogP contribution in [0.15, 0.2) is 0 Å². The Morgan fingerprint density at radius 3 is 2.18 bits per heavy atom. The average molecular weight is 158 g/mol. The highest BCUT2D eigenvalue weighted by Gasteiger charge is 2.29. The van der Waals surface area contributed by atoms with Crippen LogP contribution in [0.1, 0.15) is 34.1 Å². The maximum absolute atomic E-state index is 11.3. The summed E-state index contributed by atoms with van der Waals surface area (Å²) in [7, 11) is 0. The highest BCUT2D eigenvalue weighted by Crippen LogP contribution is 2.27. The Balaban J connectivity index is 4.18. The molecule has 0 heterocycles. The van der Waals surface area contributed by atoms with Gasteiger partial charge in [0.2, 0.25) is 0 Å². The van der Waals surface area contributed by atoms with Gasteiger partial charge in [-0.15, -0.1) is 0 Å². The molecular formula is C9H18O2. The monoisotopic (exact) mass is 158 g/mol. The molecule has 0 aliphatic carbocycles. The molecular weight excluding hydrogens is 140 g/mol. The van der Waals surface area contributed by atoms with Crippen molar-refractivity contribution in [2.24, 2.45) is 11.3 Å². The van der Waals surface area contributed by atoms with Gasteiger partial charge in [0.05, 0.1) is 0 Å². The van der Waals surface area contributed by atoms with Gasteiger partial charge in [0.15, 0.2) is 0 Å². The summed E-state index contributed by atoms with van der Waals surface area (Å²) in [5.74, 6) is 0.483. The van der Waals surface area contributed by atoms with Crippen LogP contribution in [0.3, 0.4) is 0 Å². The zero-order valence-corrected chi connectivity index (χ0v) is 7.85. The van der Waals surface area contributed by atoms with E-state index in [1.54, 1.807) is 0 Å². The number of aliphatic hydroxyl groups excluding tert-OH is 1. The second kappa shape index (κ2) is 3.86. The van der Waals surface area contributed by atoms with Crippen LogP contribution in [0, 0.1) is 11.3 Å². The van der Waals surface area contributed by atoms with Crippen molar-refractivity contribution in [2.45, 2.75) is 34.1 Å². The minimum absolute atomic E-state index is 0.0328. The first-order valence-electron chi connectivity index (χ1n) is 4.07. The summed E-state index contributed by atoms with van der Waals surface area (Å²) in [4.78, 5) is 11.3. The topological polar surface area (TPSA) is 37.3 Å². The smallest absolute Gasteiger partial charge is 0.141 e. The van der Waals surface area contributed by atoms with E-state index >= 15 is 0 Å². The fourth-order valence-electron chi connectivity index (χ4n) is 0.746. The highest BCUT2D eigenvalue weighted by atomic mass is 16.3. The summed E-state index contributed by atoms with van der Waals surface area (Å²) in [5.41, 5.74) is -0.289. The van der Waals surface area contributed by atoms with Crippen molar-refractivity contribution in [1.82, 2.24) is 0 Å². The molecule has 0 unspecified atom stereocenters. The van der Waals surface area contributed by atoms with Gasteiger partial charge in [-0.1, -0.05) is 27.7 Å². The molecule has 0 saturated carbocycles. The van der Waals surface area contributed by atoms with Crippen molar-refractivity contribution in [3.05, 3.63) is 0 Å². The summed E-state index contributed by atoms with van der Waals surface area (Å²) in [5, 5.41) is 8.56. The van der Waals surface area contributed by atoms with E-state index in [1.807, 2.05) is 27.7 Å². The van der Waals surface area contributed by atoms with Crippen molar-refractivity contribution < 1.29 is 9.90 Å². The van der Waals surface area contributed by atoms with Gasteiger partial charge in [0.25, 0.3) is 0 Å². The second-order valence-corrected chi connectivity index (χ2v) is 3.77. The van der Waals surface area contributed by atoms with Crippen molar-refractivity contribution in [1.29, 1.82) is 0 Å². The molecule has 0 aromatic heterocycles. The third kappa shape index (κ3) is 2.62. The predicted octanol–water partition coefficient (Wildman–Crippen LogP) is 1.62. The molecule has 0 atom stereocenters. The summed E-state index contributed by atoms with van der Waals surface area (Å²) in [6, 6.07) is 0. The summed E-state index contributed by atoms with van der Waals surface area (Å²) < 4.78 is 0. The van der Waals surface area contributed by atoms with Crippen LogP contribution in [-0.2, 0) is 4.79 Å². The number of carbonyl (C=O) groups is 1. The van der Waals surface area contributed by atoms with E-state index in [0.717, 1.165) is 0 Å². The van der Waals surface area contributed by atoms with E-state index in [-0.39, 0.29) is 24.2 Å². The third-order valence-corrected chi connectivity index (χ3v) is 2.50. The van der Waals surface area contributed by atoms with Gasteiger partial charge < -0.3 is 5.11 Å². The summed E-state index contributed by atoms with van der Waals surface area (Å²) >= 11 is 0. The van der Waals surface area contributed by atoms with E-state index in [1.165, 1.54) is 0 Å². The maximum atomic E-state index is 11.3. The summed E-state index contributed by atoms with van der Waals surface area (Å²) in [6.45, 7) is 7.87. The first-order chi connectivity index (χ1) is 4.92. The molecule has 0 fully saturated rings. The van der Waals surface area contributed by atoms with Gasteiger partial charge in [0, 0.05) is 18.4 Å². The van der Waals surface area contributed by atoms with Gasteiger partial charge in [-0.2, -0.15) is 0 Å². The van der Waals surface area contributed by atoms with Crippen molar-refractivity contribution in [3.8, 4) is 0 Å².